The molecule has 4 nitrogen and oxygen atoms in total. The van der Waals surface area contributed by atoms with Gasteiger partial charge in [0, 0.05) is 11.8 Å². The molecule has 0 radical (unpaired) electrons. The van der Waals surface area contributed by atoms with Gasteiger partial charge in [0.25, 0.3) is 5.91 Å². The van der Waals surface area contributed by atoms with Crippen molar-refractivity contribution in [3.8, 4) is 11.3 Å². The molecule has 2 aromatic heterocycles. The van der Waals surface area contributed by atoms with Crippen LogP contribution in [-0.2, 0) is 0 Å². The Morgan fingerprint density at radius 1 is 1.43 bits per heavy atom. The maximum atomic E-state index is 11.0. The van der Waals surface area contributed by atoms with E-state index in [0.29, 0.717) is 4.88 Å². The van der Waals surface area contributed by atoms with Crippen LogP contribution in [0, 0.1) is 0 Å². The third-order valence-electron chi connectivity index (χ3n) is 1.75. The summed E-state index contributed by atoms with van der Waals surface area (Å²) in [5, 5.41) is 1.82. The van der Waals surface area contributed by atoms with E-state index in [1.165, 1.54) is 17.7 Å². The molecule has 2 heterocycles. The minimum Gasteiger partial charge on any atom is -0.365 e. The van der Waals surface area contributed by atoms with Gasteiger partial charge in [-0.15, -0.1) is 11.3 Å². The van der Waals surface area contributed by atoms with Gasteiger partial charge < -0.3 is 5.73 Å². The largest absolute Gasteiger partial charge is 0.365 e. The van der Waals surface area contributed by atoms with Gasteiger partial charge in [-0.05, 0) is 17.5 Å². The van der Waals surface area contributed by atoms with Gasteiger partial charge >= 0.3 is 0 Å². The number of amides is 1. The van der Waals surface area contributed by atoms with E-state index in [9.17, 15) is 4.79 Å². The van der Waals surface area contributed by atoms with Gasteiger partial charge in [0.15, 0.2) is 0 Å². The van der Waals surface area contributed by atoms with E-state index in [1.807, 2.05) is 11.4 Å². The normalized spacial score (nSPS) is 10.0. The Morgan fingerprint density at radius 2 is 2.29 bits per heavy atom. The topological polar surface area (TPSA) is 68.9 Å². The summed E-state index contributed by atoms with van der Waals surface area (Å²) in [5.74, 6) is -0.423. The molecule has 0 aliphatic carbocycles. The van der Waals surface area contributed by atoms with E-state index in [1.54, 1.807) is 12.3 Å². The van der Waals surface area contributed by atoms with E-state index in [-0.39, 0.29) is 0 Å². The molecule has 0 saturated heterocycles. The van der Waals surface area contributed by atoms with Crippen LogP contribution in [-0.4, -0.2) is 15.9 Å². The number of hydrogen-bond acceptors (Lipinski definition) is 4. The lowest BCUT2D eigenvalue weighted by atomic mass is 10.2. The fourth-order valence-corrected chi connectivity index (χ4v) is 1.91. The number of hydrogen-bond donors (Lipinski definition) is 1. The van der Waals surface area contributed by atoms with Crippen LogP contribution in [0.25, 0.3) is 11.3 Å². The predicted octanol–water partition coefficient (Wildman–Crippen LogP) is 1.30. The first-order chi connectivity index (χ1) is 6.79. The molecule has 2 rings (SSSR count). The molecule has 0 aliphatic heterocycles. The second-order valence-electron chi connectivity index (χ2n) is 2.62. The summed E-state index contributed by atoms with van der Waals surface area (Å²) in [6.07, 6.45) is 3.07. The van der Waals surface area contributed by atoms with E-state index >= 15 is 0 Å². The molecule has 2 aromatic rings. The smallest absolute Gasteiger partial charge is 0.259 e. The number of carbonyl (C=O) groups is 1. The number of primary amides is 1. The van der Waals surface area contributed by atoms with Gasteiger partial charge in [-0.3, -0.25) is 4.79 Å². The van der Waals surface area contributed by atoms with Gasteiger partial charge in [0.2, 0.25) is 0 Å². The zero-order valence-corrected chi connectivity index (χ0v) is 7.99. The quantitative estimate of drug-likeness (QED) is 0.803. The van der Waals surface area contributed by atoms with Crippen molar-refractivity contribution in [2.45, 2.75) is 0 Å². The molecule has 0 aromatic carbocycles. The predicted molar refractivity (Wildman–Crippen MR) is 53.9 cm³/mol. The van der Waals surface area contributed by atoms with Crippen LogP contribution in [0.4, 0.5) is 0 Å². The Kier molecular flexibility index (Phi) is 2.24. The zero-order valence-electron chi connectivity index (χ0n) is 7.18. The SMILES string of the molecule is NC(=O)c1sccc1-c1ccncn1. The summed E-state index contributed by atoms with van der Waals surface area (Å²) in [7, 11) is 0. The molecule has 0 spiro atoms. The van der Waals surface area contributed by atoms with Gasteiger partial charge in [-0.25, -0.2) is 9.97 Å². The molecule has 0 atom stereocenters. The first-order valence-electron chi connectivity index (χ1n) is 3.92. The Labute approximate surface area is 84.4 Å². The molecule has 5 heteroatoms. The molecule has 0 aliphatic rings. The van der Waals surface area contributed by atoms with Crippen LogP contribution in [0.1, 0.15) is 9.67 Å². The lowest BCUT2D eigenvalue weighted by Gasteiger charge is -1.98. The van der Waals surface area contributed by atoms with Crippen molar-refractivity contribution in [3.05, 3.63) is 34.9 Å². The highest BCUT2D eigenvalue weighted by Gasteiger charge is 2.11. The van der Waals surface area contributed by atoms with Gasteiger partial charge in [-0.1, -0.05) is 0 Å². The molecule has 0 fully saturated rings. The minimum absolute atomic E-state index is 0.423. The molecule has 1 amide bonds. The molecular formula is C9H7N3OS. The number of nitrogens with two attached hydrogens (primary N) is 1. The molecule has 2 N–H and O–H groups in total. The molecule has 70 valence electrons. The van der Waals surface area contributed by atoms with Crippen LogP contribution in [0.15, 0.2) is 30.0 Å². The standard InChI is InChI=1S/C9H7N3OS/c10-9(13)8-6(2-4-14-8)7-1-3-11-5-12-7/h1-5H,(H2,10,13). The summed E-state index contributed by atoms with van der Waals surface area (Å²) in [6, 6.07) is 3.57. The van der Waals surface area contributed by atoms with Crippen molar-refractivity contribution in [1.29, 1.82) is 0 Å². The lowest BCUT2D eigenvalue weighted by molar-refractivity contribution is 0.100. The van der Waals surface area contributed by atoms with E-state index < -0.39 is 5.91 Å². The summed E-state index contributed by atoms with van der Waals surface area (Å²) in [5.41, 5.74) is 6.71. The molecule has 0 unspecified atom stereocenters. The highest BCUT2D eigenvalue weighted by atomic mass is 32.1. The summed E-state index contributed by atoms with van der Waals surface area (Å²) in [6.45, 7) is 0. The Morgan fingerprint density at radius 3 is 2.93 bits per heavy atom. The third kappa shape index (κ3) is 1.49. The number of carbonyl (C=O) groups excluding carboxylic acids is 1. The molecular weight excluding hydrogens is 198 g/mol. The first-order valence-corrected chi connectivity index (χ1v) is 4.80. The Balaban J connectivity index is 2.52. The van der Waals surface area contributed by atoms with Gasteiger partial charge in [0.05, 0.1) is 5.69 Å². The van der Waals surface area contributed by atoms with Crippen LogP contribution in [0.2, 0.25) is 0 Å². The first kappa shape index (κ1) is 8.83. The Bertz CT molecular complexity index is 452. The fraction of sp³-hybridized carbons (Fsp3) is 0. The van der Waals surface area contributed by atoms with E-state index in [4.69, 9.17) is 5.73 Å². The van der Waals surface area contributed by atoms with Crippen LogP contribution >= 0.6 is 11.3 Å². The van der Waals surface area contributed by atoms with Gasteiger partial charge in [-0.2, -0.15) is 0 Å². The van der Waals surface area contributed by atoms with Crippen molar-refractivity contribution in [2.75, 3.05) is 0 Å². The van der Waals surface area contributed by atoms with Crippen molar-refractivity contribution < 1.29 is 4.79 Å². The van der Waals surface area contributed by atoms with Crippen molar-refractivity contribution in [1.82, 2.24) is 9.97 Å². The van der Waals surface area contributed by atoms with Crippen molar-refractivity contribution in [2.24, 2.45) is 5.73 Å². The highest BCUT2D eigenvalue weighted by molar-refractivity contribution is 7.12. The summed E-state index contributed by atoms with van der Waals surface area (Å²) >= 11 is 1.32. The summed E-state index contributed by atoms with van der Waals surface area (Å²) < 4.78 is 0. The average molecular weight is 205 g/mol. The van der Waals surface area contributed by atoms with Crippen molar-refractivity contribution in [3.63, 3.8) is 0 Å². The monoisotopic (exact) mass is 205 g/mol. The van der Waals surface area contributed by atoms with Gasteiger partial charge in [0.1, 0.15) is 11.2 Å². The average Bonchev–Trinajstić information content (AvgIpc) is 2.67. The van der Waals surface area contributed by atoms with Crippen molar-refractivity contribution >= 4 is 17.2 Å². The second-order valence-corrected chi connectivity index (χ2v) is 3.54. The molecule has 0 saturated carbocycles. The Hall–Kier alpha value is -1.75. The number of thiophene rings is 1. The van der Waals surface area contributed by atoms with Crippen LogP contribution in [0.5, 0.6) is 0 Å². The molecule has 0 bridgehead atoms. The maximum absolute atomic E-state index is 11.0. The second kappa shape index (κ2) is 3.55. The van der Waals surface area contributed by atoms with E-state index in [0.717, 1.165) is 11.3 Å². The number of nitrogens with zero attached hydrogens (tertiary/aromatic N) is 2. The fourth-order valence-electron chi connectivity index (χ4n) is 1.15. The number of aromatic nitrogens is 2. The summed E-state index contributed by atoms with van der Waals surface area (Å²) in [4.78, 5) is 19.4. The minimum atomic E-state index is -0.423. The third-order valence-corrected chi connectivity index (χ3v) is 2.68. The zero-order chi connectivity index (χ0) is 9.97. The highest BCUT2D eigenvalue weighted by Crippen LogP contribution is 2.25. The van der Waals surface area contributed by atoms with Crippen LogP contribution in [0.3, 0.4) is 0 Å². The molecule has 14 heavy (non-hydrogen) atoms. The van der Waals surface area contributed by atoms with E-state index in [2.05, 4.69) is 9.97 Å². The van der Waals surface area contributed by atoms with Crippen LogP contribution < -0.4 is 5.73 Å². The number of rotatable bonds is 2. The lowest BCUT2D eigenvalue weighted by Crippen LogP contribution is -2.09. The maximum Gasteiger partial charge on any atom is 0.259 e.